The Morgan fingerprint density at radius 3 is 2.48 bits per heavy atom. The third-order valence-corrected chi connectivity index (χ3v) is 7.72. The minimum absolute atomic E-state index is 0.0368. The lowest BCUT2D eigenvalue weighted by molar-refractivity contribution is 0.125. The molecule has 0 saturated carbocycles. The van der Waals surface area contributed by atoms with E-state index in [1.807, 2.05) is 0 Å². The highest BCUT2D eigenvalue weighted by Crippen LogP contribution is 2.29. The molecule has 1 aromatic rings. The van der Waals surface area contributed by atoms with Crippen LogP contribution in [0.5, 0.6) is 0 Å². The zero-order valence-corrected chi connectivity index (χ0v) is 15.0. The summed E-state index contributed by atoms with van der Waals surface area (Å²) in [5, 5.41) is 4.54. The maximum absolute atomic E-state index is 12.7. The van der Waals surface area contributed by atoms with Gasteiger partial charge in [-0.2, -0.15) is 4.31 Å². The first-order chi connectivity index (χ1) is 10.5. The van der Waals surface area contributed by atoms with Gasteiger partial charge in [-0.05, 0) is 38.0 Å². The van der Waals surface area contributed by atoms with E-state index in [-0.39, 0.29) is 11.0 Å². The molecule has 1 fully saturated rings. The lowest BCUT2D eigenvalue weighted by atomic mass is 10.1. The van der Waals surface area contributed by atoms with Crippen molar-refractivity contribution in [2.75, 3.05) is 13.7 Å². The summed E-state index contributed by atoms with van der Waals surface area (Å²) in [5.41, 5.74) is 0.564. The molecule has 3 atom stereocenters. The minimum Gasteiger partial charge on any atom is -0.377 e. The van der Waals surface area contributed by atoms with Crippen LogP contribution in [0, 0.1) is 0 Å². The van der Waals surface area contributed by atoms with Crippen LogP contribution in [0.3, 0.4) is 0 Å². The molecule has 2 rings (SSSR count). The van der Waals surface area contributed by atoms with Gasteiger partial charge in [-0.1, -0.05) is 12.1 Å². The van der Waals surface area contributed by atoms with Crippen molar-refractivity contribution < 1.29 is 21.6 Å². The van der Waals surface area contributed by atoms with Gasteiger partial charge in [0.2, 0.25) is 20.0 Å². The summed E-state index contributed by atoms with van der Waals surface area (Å²) >= 11 is 0. The molecule has 0 aliphatic carbocycles. The Morgan fingerprint density at radius 2 is 1.96 bits per heavy atom. The van der Waals surface area contributed by atoms with E-state index in [1.165, 1.54) is 23.5 Å². The molecule has 7 nitrogen and oxygen atoms in total. The summed E-state index contributed by atoms with van der Waals surface area (Å²) in [7, 11) is -5.89. The molecule has 0 radical (unpaired) electrons. The number of ether oxygens (including phenoxy) is 1. The molecular formula is C14H22N2O5S2. The van der Waals surface area contributed by atoms with E-state index in [1.54, 1.807) is 26.0 Å². The normalized spacial score (nSPS) is 24.0. The molecule has 2 N–H and O–H groups in total. The summed E-state index contributed by atoms with van der Waals surface area (Å²) in [6, 6.07) is 5.50. The van der Waals surface area contributed by atoms with Crippen LogP contribution in [0.2, 0.25) is 0 Å². The quantitative estimate of drug-likeness (QED) is 0.835. The topological polar surface area (TPSA) is 107 Å². The van der Waals surface area contributed by atoms with Gasteiger partial charge in [0.25, 0.3) is 0 Å². The van der Waals surface area contributed by atoms with Crippen molar-refractivity contribution in [3.8, 4) is 0 Å². The van der Waals surface area contributed by atoms with E-state index in [0.29, 0.717) is 18.6 Å². The first-order valence-electron chi connectivity index (χ1n) is 7.26. The fourth-order valence-electron chi connectivity index (χ4n) is 2.70. The van der Waals surface area contributed by atoms with Gasteiger partial charge in [0, 0.05) is 19.7 Å². The minimum atomic E-state index is -3.83. The largest absolute Gasteiger partial charge is 0.377 e. The van der Waals surface area contributed by atoms with Crippen LogP contribution in [0.25, 0.3) is 0 Å². The first-order valence-corrected chi connectivity index (χ1v) is 10.3. The number of nitrogens with two attached hydrogens (primary N) is 1. The van der Waals surface area contributed by atoms with Gasteiger partial charge in [0.15, 0.2) is 0 Å². The van der Waals surface area contributed by atoms with Crippen LogP contribution < -0.4 is 5.14 Å². The highest BCUT2D eigenvalue weighted by atomic mass is 32.2. The molecule has 130 valence electrons. The molecule has 3 unspecified atom stereocenters. The molecule has 0 bridgehead atoms. The van der Waals surface area contributed by atoms with Crippen molar-refractivity contribution in [3.63, 3.8) is 0 Å². The first kappa shape index (κ1) is 18.3. The predicted molar refractivity (Wildman–Crippen MR) is 86.7 cm³/mol. The number of primary sulfonamides is 1. The van der Waals surface area contributed by atoms with E-state index in [4.69, 9.17) is 9.88 Å². The zero-order chi connectivity index (χ0) is 17.4. The van der Waals surface area contributed by atoms with Crippen molar-refractivity contribution in [2.45, 2.75) is 42.6 Å². The number of nitrogens with zero attached hydrogens (tertiary/aromatic N) is 1. The lowest BCUT2D eigenvalue weighted by Crippen LogP contribution is -2.40. The van der Waals surface area contributed by atoms with Crippen molar-refractivity contribution in [1.82, 2.24) is 4.31 Å². The molecule has 9 heteroatoms. The molecule has 0 aromatic heterocycles. The lowest BCUT2D eigenvalue weighted by Gasteiger charge is -2.28. The summed E-state index contributed by atoms with van der Waals surface area (Å²) < 4.78 is 55.0. The van der Waals surface area contributed by atoms with Crippen LogP contribution in [0.4, 0.5) is 0 Å². The molecule has 0 spiro atoms. The maximum Gasteiger partial charge on any atom is 0.238 e. The molecule has 1 saturated heterocycles. The van der Waals surface area contributed by atoms with Gasteiger partial charge in [-0.25, -0.2) is 22.0 Å². The van der Waals surface area contributed by atoms with Crippen molar-refractivity contribution in [2.24, 2.45) is 5.14 Å². The third kappa shape index (κ3) is 3.74. The summed E-state index contributed by atoms with van der Waals surface area (Å²) in [6.45, 7) is 3.88. The van der Waals surface area contributed by atoms with Gasteiger partial charge in [0.1, 0.15) is 5.25 Å². The Balaban J connectivity index is 2.31. The van der Waals surface area contributed by atoms with Crippen molar-refractivity contribution in [1.29, 1.82) is 0 Å². The molecule has 1 aliphatic heterocycles. The van der Waals surface area contributed by atoms with Gasteiger partial charge in [-0.3, -0.25) is 0 Å². The van der Waals surface area contributed by atoms with E-state index in [9.17, 15) is 16.8 Å². The number of rotatable bonds is 5. The maximum atomic E-state index is 12.7. The standard InChI is InChI=1S/C14H22N2O5S2/c1-10(12-5-4-6-13(9-12)22(15,17)18)16(3)23(19,20)14-7-8-21-11(14)2/h4-6,9-11,14H,7-8H2,1-3H3,(H2,15,17,18). The second kappa shape index (κ2) is 6.48. The molecule has 1 heterocycles. The fourth-order valence-corrected chi connectivity index (χ4v) is 5.21. The average Bonchev–Trinajstić information content (AvgIpc) is 2.92. The smallest absolute Gasteiger partial charge is 0.238 e. The monoisotopic (exact) mass is 362 g/mol. The Labute approximate surface area is 137 Å². The number of sulfonamides is 2. The summed E-state index contributed by atoms with van der Waals surface area (Å²) in [5.74, 6) is 0. The fraction of sp³-hybridized carbons (Fsp3) is 0.571. The molecular weight excluding hydrogens is 340 g/mol. The number of hydrogen-bond donors (Lipinski definition) is 1. The third-order valence-electron chi connectivity index (χ3n) is 4.31. The van der Waals surface area contributed by atoms with Crippen LogP contribution in [-0.2, 0) is 24.8 Å². The average molecular weight is 362 g/mol. The zero-order valence-electron chi connectivity index (χ0n) is 13.3. The SMILES string of the molecule is CC1OCCC1S(=O)(=O)N(C)C(C)c1cccc(S(N)(=O)=O)c1. The number of benzene rings is 1. The second-order valence-corrected chi connectivity index (χ2v) is 9.53. The van der Waals surface area contributed by atoms with E-state index >= 15 is 0 Å². The van der Waals surface area contributed by atoms with Gasteiger partial charge >= 0.3 is 0 Å². The Kier molecular flexibility index (Phi) is 5.17. The molecule has 1 aromatic carbocycles. The highest BCUT2D eigenvalue weighted by Gasteiger charge is 2.40. The van der Waals surface area contributed by atoms with Gasteiger partial charge in [-0.15, -0.1) is 0 Å². The molecule has 0 amide bonds. The highest BCUT2D eigenvalue weighted by molar-refractivity contribution is 7.89. The summed E-state index contributed by atoms with van der Waals surface area (Å²) in [6.07, 6.45) is 0.100. The Morgan fingerprint density at radius 1 is 1.30 bits per heavy atom. The predicted octanol–water partition coefficient (Wildman–Crippen LogP) is 0.834. The van der Waals surface area contributed by atoms with Crippen molar-refractivity contribution in [3.05, 3.63) is 29.8 Å². The van der Waals surface area contributed by atoms with Crippen LogP contribution in [-0.4, -0.2) is 46.1 Å². The summed E-state index contributed by atoms with van der Waals surface area (Å²) in [4.78, 5) is -0.0368. The van der Waals surface area contributed by atoms with Crippen LogP contribution >= 0.6 is 0 Å². The van der Waals surface area contributed by atoms with E-state index < -0.39 is 31.3 Å². The van der Waals surface area contributed by atoms with Crippen molar-refractivity contribution >= 4 is 20.0 Å². The van der Waals surface area contributed by atoms with Crippen LogP contribution in [0.15, 0.2) is 29.2 Å². The Hall–Kier alpha value is -1.00. The Bertz CT molecular complexity index is 776. The van der Waals surface area contributed by atoms with E-state index in [0.717, 1.165) is 0 Å². The number of hydrogen-bond acceptors (Lipinski definition) is 5. The van der Waals surface area contributed by atoms with Gasteiger partial charge < -0.3 is 4.74 Å². The molecule has 23 heavy (non-hydrogen) atoms. The molecule has 1 aliphatic rings. The van der Waals surface area contributed by atoms with E-state index in [2.05, 4.69) is 0 Å². The van der Waals surface area contributed by atoms with Gasteiger partial charge in [0.05, 0.1) is 11.0 Å². The van der Waals surface area contributed by atoms with Crippen LogP contribution in [0.1, 0.15) is 31.9 Å². The second-order valence-electron chi connectivity index (χ2n) is 5.76.